The van der Waals surface area contributed by atoms with E-state index in [4.69, 9.17) is 0 Å². The quantitative estimate of drug-likeness (QED) is 0.629. The van der Waals surface area contributed by atoms with Crippen molar-refractivity contribution in [1.29, 1.82) is 0 Å². The molecule has 3 atom stereocenters. The lowest BCUT2D eigenvalue weighted by Gasteiger charge is -2.25. The summed E-state index contributed by atoms with van der Waals surface area (Å²) in [7, 11) is 0. The number of fused-ring (bicyclic) bond motifs is 1. The molecule has 6 nitrogen and oxygen atoms in total. The Morgan fingerprint density at radius 3 is 2.35 bits per heavy atom. The molecule has 0 aliphatic carbocycles. The number of hydrogen-bond acceptors (Lipinski definition) is 4. The van der Waals surface area contributed by atoms with Crippen LogP contribution in [0.25, 0.3) is 6.08 Å². The number of hydrazine groups is 1. The molecule has 2 aliphatic rings. The molecule has 0 aromatic heterocycles. The molecule has 26 heavy (non-hydrogen) atoms. The highest BCUT2D eigenvalue weighted by Crippen LogP contribution is 2.42. The number of nitro groups is 1. The van der Waals surface area contributed by atoms with E-state index in [0.29, 0.717) is 13.0 Å². The fourth-order valence-electron chi connectivity index (χ4n) is 3.91. The molecule has 0 N–H and O–H groups in total. The van der Waals surface area contributed by atoms with Crippen molar-refractivity contribution < 1.29 is 9.72 Å². The van der Waals surface area contributed by atoms with Gasteiger partial charge in [-0.3, -0.25) is 19.9 Å². The zero-order chi connectivity index (χ0) is 18.1. The molecular weight excluding hydrogens is 330 g/mol. The second-order valence-corrected chi connectivity index (χ2v) is 6.54. The number of benzene rings is 2. The monoisotopic (exact) mass is 349 g/mol. The minimum absolute atomic E-state index is 0.0543. The van der Waals surface area contributed by atoms with Gasteiger partial charge in [0.05, 0.1) is 0 Å². The van der Waals surface area contributed by atoms with Gasteiger partial charge in [0, 0.05) is 17.9 Å². The number of carbonyl (C=O) groups excluding carboxylic acids is 1. The number of carbonyl (C=O) groups is 1. The molecule has 0 radical (unpaired) electrons. The molecule has 0 unspecified atom stereocenters. The first kappa shape index (κ1) is 16.5. The van der Waals surface area contributed by atoms with Gasteiger partial charge in [-0.15, -0.1) is 0 Å². The number of hydrogen-bond donors (Lipinski definition) is 0. The third-order valence-corrected chi connectivity index (χ3v) is 5.04. The number of nitrogens with zero attached hydrogens (tertiary/aromatic N) is 3. The average molecular weight is 349 g/mol. The lowest BCUT2D eigenvalue weighted by atomic mass is 9.94. The normalized spacial score (nSPS) is 25.8. The van der Waals surface area contributed by atoms with Gasteiger partial charge in [-0.1, -0.05) is 72.8 Å². The summed E-state index contributed by atoms with van der Waals surface area (Å²) in [4.78, 5) is 24.2. The summed E-state index contributed by atoms with van der Waals surface area (Å²) in [6.07, 6.45) is 4.15. The summed E-state index contributed by atoms with van der Waals surface area (Å²) in [5.74, 6) is -0.0543. The molecular formula is C20H19N3O3. The zero-order valence-corrected chi connectivity index (χ0v) is 14.1. The molecule has 1 amide bonds. The van der Waals surface area contributed by atoms with Crippen LogP contribution in [-0.2, 0) is 4.79 Å². The molecule has 0 spiro atoms. The topological polar surface area (TPSA) is 66.7 Å². The predicted octanol–water partition coefficient (Wildman–Crippen LogP) is 2.92. The van der Waals surface area contributed by atoms with Crippen molar-refractivity contribution in [1.82, 2.24) is 10.0 Å². The summed E-state index contributed by atoms with van der Waals surface area (Å²) in [5.41, 5.74) is 1.78. The van der Waals surface area contributed by atoms with E-state index in [1.165, 1.54) is 0 Å². The fourth-order valence-corrected chi connectivity index (χ4v) is 3.91. The van der Waals surface area contributed by atoms with Crippen molar-refractivity contribution >= 4 is 12.0 Å². The highest BCUT2D eigenvalue weighted by molar-refractivity contribution is 5.79. The maximum absolute atomic E-state index is 12.5. The van der Waals surface area contributed by atoms with E-state index < -0.39 is 18.1 Å². The van der Waals surface area contributed by atoms with Crippen molar-refractivity contribution in [2.45, 2.75) is 24.5 Å². The van der Waals surface area contributed by atoms with Crippen molar-refractivity contribution in [3.63, 3.8) is 0 Å². The van der Waals surface area contributed by atoms with Crippen LogP contribution in [0.4, 0.5) is 0 Å². The Kier molecular flexibility index (Phi) is 4.26. The van der Waals surface area contributed by atoms with Crippen LogP contribution in [0.5, 0.6) is 0 Å². The molecule has 2 fully saturated rings. The van der Waals surface area contributed by atoms with Gasteiger partial charge in [-0.25, -0.2) is 5.01 Å². The molecule has 2 aliphatic heterocycles. The number of amides is 1. The summed E-state index contributed by atoms with van der Waals surface area (Å²) in [5, 5.41) is 15.4. The summed E-state index contributed by atoms with van der Waals surface area (Å²) in [6.45, 7) is 0.510. The van der Waals surface area contributed by atoms with Crippen LogP contribution in [0.2, 0.25) is 0 Å². The van der Waals surface area contributed by atoms with Gasteiger partial charge in [0.15, 0.2) is 0 Å². The molecule has 0 saturated carbocycles. The summed E-state index contributed by atoms with van der Waals surface area (Å²) < 4.78 is 0. The minimum atomic E-state index is -0.901. The highest BCUT2D eigenvalue weighted by atomic mass is 16.6. The Hall–Kier alpha value is -2.99. The van der Waals surface area contributed by atoms with Gasteiger partial charge >= 0.3 is 0 Å². The van der Waals surface area contributed by atoms with E-state index in [0.717, 1.165) is 11.1 Å². The molecule has 6 heteroatoms. The standard InChI is InChI=1S/C20H19N3O3/c24-18-13-14-21-17(12-11-15-7-3-1-4-8-15)20(23(25)26)19(22(18)21)16-9-5-2-6-10-16/h1-12,17,19-20H,13-14H2/b12-11+/t17-,19+,20-/m0/s1. The van der Waals surface area contributed by atoms with Gasteiger partial charge in [-0.2, -0.15) is 0 Å². The van der Waals surface area contributed by atoms with Crippen LogP contribution in [0.1, 0.15) is 23.6 Å². The zero-order valence-electron chi connectivity index (χ0n) is 14.1. The van der Waals surface area contributed by atoms with Crippen LogP contribution < -0.4 is 0 Å². The molecule has 4 rings (SSSR count). The van der Waals surface area contributed by atoms with Gasteiger partial charge in [0.25, 0.3) is 6.04 Å². The highest BCUT2D eigenvalue weighted by Gasteiger charge is 2.58. The first-order chi connectivity index (χ1) is 12.7. The van der Waals surface area contributed by atoms with E-state index in [-0.39, 0.29) is 10.8 Å². The van der Waals surface area contributed by atoms with Crippen LogP contribution in [0, 0.1) is 10.1 Å². The van der Waals surface area contributed by atoms with Gasteiger partial charge in [-0.05, 0) is 11.1 Å². The first-order valence-corrected chi connectivity index (χ1v) is 8.67. The Labute approximate surface area is 151 Å². The molecule has 0 bridgehead atoms. The van der Waals surface area contributed by atoms with Crippen molar-refractivity contribution in [3.05, 3.63) is 88.0 Å². The van der Waals surface area contributed by atoms with Crippen LogP contribution in [0.3, 0.4) is 0 Å². The second-order valence-electron chi connectivity index (χ2n) is 6.54. The van der Waals surface area contributed by atoms with E-state index in [1.54, 1.807) is 5.01 Å². The van der Waals surface area contributed by atoms with Crippen LogP contribution in [-0.4, -0.2) is 39.5 Å². The molecule has 2 heterocycles. The van der Waals surface area contributed by atoms with Gasteiger partial charge < -0.3 is 0 Å². The summed E-state index contributed by atoms with van der Waals surface area (Å²) in [6, 6.07) is 17.0. The number of rotatable bonds is 4. The smallest absolute Gasteiger partial charge is 0.259 e. The van der Waals surface area contributed by atoms with E-state index in [1.807, 2.05) is 77.8 Å². The average Bonchev–Trinajstić information content (AvgIpc) is 3.19. The van der Waals surface area contributed by atoms with Gasteiger partial charge in [0.1, 0.15) is 12.1 Å². The Morgan fingerprint density at radius 2 is 1.69 bits per heavy atom. The molecule has 2 aromatic rings. The molecule has 2 aromatic carbocycles. The summed E-state index contributed by atoms with van der Waals surface area (Å²) >= 11 is 0. The Bertz CT molecular complexity index is 838. The molecule has 132 valence electrons. The Balaban J connectivity index is 1.74. The maximum Gasteiger partial charge on any atom is 0.259 e. The Morgan fingerprint density at radius 1 is 1.04 bits per heavy atom. The largest absolute Gasteiger partial charge is 0.273 e. The maximum atomic E-state index is 12.5. The SMILES string of the molecule is O=C1CCN2[C@@H](/C=C/c3ccccc3)[C@H]([N+](=O)[O-])[C@@H](c3ccccc3)N12. The van der Waals surface area contributed by atoms with Gasteiger partial charge in [0.2, 0.25) is 5.91 Å². The van der Waals surface area contributed by atoms with E-state index in [9.17, 15) is 14.9 Å². The minimum Gasteiger partial charge on any atom is -0.273 e. The van der Waals surface area contributed by atoms with E-state index >= 15 is 0 Å². The first-order valence-electron chi connectivity index (χ1n) is 8.67. The second kappa shape index (κ2) is 6.72. The third kappa shape index (κ3) is 2.78. The van der Waals surface area contributed by atoms with Crippen molar-refractivity contribution in [2.75, 3.05) is 6.54 Å². The lowest BCUT2D eigenvalue weighted by Crippen LogP contribution is -2.38. The predicted molar refractivity (Wildman–Crippen MR) is 97.4 cm³/mol. The van der Waals surface area contributed by atoms with Crippen molar-refractivity contribution in [3.8, 4) is 0 Å². The third-order valence-electron chi connectivity index (χ3n) is 5.04. The van der Waals surface area contributed by atoms with E-state index in [2.05, 4.69) is 0 Å². The lowest BCUT2D eigenvalue weighted by molar-refractivity contribution is -0.526. The molecule has 2 saturated heterocycles. The fraction of sp³-hybridized carbons (Fsp3) is 0.250. The van der Waals surface area contributed by atoms with Crippen LogP contribution >= 0.6 is 0 Å². The van der Waals surface area contributed by atoms with Crippen molar-refractivity contribution in [2.24, 2.45) is 0 Å². The van der Waals surface area contributed by atoms with Crippen LogP contribution in [0.15, 0.2) is 66.7 Å².